The first-order valence-corrected chi connectivity index (χ1v) is 10.4. The second kappa shape index (κ2) is 9.01. The first-order valence-electron chi connectivity index (χ1n) is 10.4. The largest absolute Gasteiger partial charge is 0.454 e. The molecule has 1 aromatic carbocycles. The Bertz CT molecular complexity index is 828. The van der Waals surface area contributed by atoms with Crippen LogP contribution in [0, 0.1) is 0 Å². The third kappa shape index (κ3) is 4.57. The van der Waals surface area contributed by atoms with Crippen LogP contribution in [0.4, 0.5) is 5.69 Å². The van der Waals surface area contributed by atoms with Crippen molar-refractivity contribution in [2.24, 2.45) is 0 Å². The van der Waals surface area contributed by atoms with Crippen LogP contribution in [-0.2, 0) is 14.3 Å². The number of Topliss-reactive ketones (excluding diaryl/α,β-unsaturated/α-hetero) is 1. The summed E-state index contributed by atoms with van der Waals surface area (Å²) in [7, 11) is 0. The molecule has 3 heterocycles. The Balaban J connectivity index is 1.30. The predicted octanol–water partition coefficient (Wildman–Crippen LogP) is 1.27. The molecule has 0 bridgehead atoms. The fourth-order valence-electron chi connectivity index (χ4n) is 3.99. The monoisotopic (exact) mass is 417 g/mol. The SMILES string of the molecule is CC(=O)c1cc2c(cc1NC(=O)CN1CCN(C(=O)C3CCCCO3)CC1)OCO2. The zero-order chi connectivity index (χ0) is 21.1. The lowest BCUT2D eigenvalue weighted by molar-refractivity contribution is -0.148. The van der Waals surface area contributed by atoms with Gasteiger partial charge in [-0.05, 0) is 32.3 Å². The van der Waals surface area contributed by atoms with Crippen molar-refractivity contribution in [3.63, 3.8) is 0 Å². The molecule has 4 rings (SSSR count). The van der Waals surface area contributed by atoms with Gasteiger partial charge in [0.25, 0.3) is 5.91 Å². The van der Waals surface area contributed by atoms with E-state index in [1.807, 2.05) is 9.80 Å². The van der Waals surface area contributed by atoms with Gasteiger partial charge in [0.05, 0.1) is 12.2 Å². The summed E-state index contributed by atoms with van der Waals surface area (Å²) in [4.78, 5) is 40.9. The fourth-order valence-corrected chi connectivity index (χ4v) is 3.99. The lowest BCUT2D eigenvalue weighted by Gasteiger charge is -2.36. The second-order valence-electron chi connectivity index (χ2n) is 7.81. The number of benzene rings is 1. The second-order valence-corrected chi connectivity index (χ2v) is 7.81. The van der Waals surface area contributed by atoms with Gasteiger partial charge in [0.1, 0.15) is 6.10 Å². The van der Waals surface area contributed by atoms with Crippen molar-refractivity contribution in [2.45, 2.75) is 32.3 Å². The van der Waals surface area contributed by atoms with E-state index < -0.39 is 0 Å². The van der Waals surface area contributed by atoms with Crippen LogP contribution in [0.1, 0.15) is 36.5 Å². The van der Waals surface area contributed by atoms with E-state index in [9.17, 15) is 14.4 Å². The number of amides is 2. The highest BCUT2D eigenvalue weighted by molar-refractivity contribution is 6.05. The molecular weight excluding hydrogens is 390 g/mol. The average Bonchev–Trinajstić information content (AvgIpc) is 3.21. The molecule has 0 radical (unpaired) electrons. The van der Waals surface area contributed by atoms with Crippen LogP contribution in [0.25, 0.3) is 0 Å². The van der Waals surface area contributed by atoms with Gasteiger partial charge in [-0.25, -0.2) is 0 Å². The maximum absolute atomic E-state index is 12.6. The van der Waals surface area contributed by atoms with Crippen molar-refractivity contribution in [1.29, 1.82) is 0 Å². The number of fused-ring (bicyclic) bond motifs is 1. The molecule has 2 amide bonds. The minimum Gasteiger partial charge on any atom is -0.454 e. The van der Waals surface area contributed by atoms with E-state index in [-0.39, 0.29) is 37.0 Å². The molecule has 1 aromatic rings. The highest BCUT2D eigenvalue weighted by Gasteiger charge is 2.30. The quantitative estimate of drug-likeness (QED) is 0.721. The van der Waals surface area contributed by atoms with Gasteiger partial charge >= 0.3 is 0 Å². The van der Waals surface area contributed by atoms with Crippen LogP contribution in [0.5, 0.6) is 11.5 Å². The minimum absolute atomic E-state index is 0.0604. The molecule has 1 unspecified atom stereocenters. The molecule has 9 heteroatoms. The Hall–Kier alpha value is -2.65. The Morgan fingerprint density at radius 3 is 2.47 bits per heavy atom. The molecule has 0 saturated carbocycles. The molecule has 9 nitrogen and oxygen atoms in total. The van der Waals surface area contributed by atoms with Crippen LogP contribution >= 0.6 is 0 Å². The molecule has 1 N–H and O–H groups in total. The van der Waals surface area contributed by atoms with E-state index in [2.05, 4.69) is 5.32 Å². The van der Waals surface area contributed by atoms with E-state index in [1.54, 1.807) is 12.1 Å². The zero-order valence-electron chi connectivity index (χ0n) is 17.1. The molecule has 2 saturated heterocycles. The van der Waals surface area contributed by atoms with Gasteiger partial charge in [-0.1, -0.05) is 0 Å². The molecule has 30 heavy (non-hydrogen) atoms. The van der Waals surface area contributed by atoms with E-state index in [0.717, 1.165) is 19.3 Å². The van der Waals surface area contributed by atoms with Crippen molar-refractivity contribution in [1.82, 2.24) is 9.80 Å². The third-order valence-corrected chi connectivity index (χ3v) is 5.67. The third-order valence-electron chi connectivity index (χ3n) is 5.67. The Kier molecular flexibility index (Phi) is 6.19. The zero-order valence-corrected chi connectivity index (χ0v) is 17.1. The topological polar surface area (TPSA) is 97.4 Å². The van der Waals surface area contributed by atoms with Crippen molar-refractivity contribution >= 4 is 23.3 Å². The van der Waals surface area contributed by atoms with Crippen LogP contribution in [-0.4, -0.2) is 79.6 Å². The molecule has 1 atom stereocenters. The highest BCUT2D eigenvalue weighted by atomic mass is 16.7. The maximum atomic E-state index is 12.6. The van der Waals surface area contributed by atoms with Gasteiger partial charge in [0.2, 0.25) is 12.7 Å². The van der Waals surface area contributed by atoms with Gasteiger partial charge in [-0.15, -0.1) is 0 Å². The normalized spacial score (nSPS) is 21.4. The number of piperazine rings is 1. The standard InChI is InChI=1S/C21H27N3O6/c1-14(25)15-10-18-19(30-13-29-18)11-16(15)22-20(26)12-23-5-7-24(8-6-23)21(27)17-4-2-3-9-28-17/h10-11,17H,2-9,12-13H2,1H3,(H,22,26). The number of nitrogens with zero attached hydrogens (tertiary/aromatic N) is 2. The number of rotatable bonds is 5. The maximum Gasteiger partial charge on any atom is 0.251 e. The smallest absolute Gasteiger partial charge is 0.251 e. The Morgan fingerprint density at radius 1 is 1.07 bits per heavy atom. The lowest BCUT2D eigenvalue weighted by atomic mass is 10.1. The number of hydrogen-bond acceptors (Lipinski definition) is 7. The predicted molar refractivity (Wildman–Crippen MR) is 108 cm³/mol. The van der Waals surface area contributed by atoms with Crippen LogP contribution < -0.4 is 14.8 Å². The average molecular weight is 417 g/mol. The molecule has 0 aromatic heterocycles. The number of ether oxygens (including phenoxy) is 3. The summed E-state index contributed by atoms with van der Waals surface area (Å²) in [5.74, 6) is 0.686. The molecule has 162 valence electrons. The summed E-state index contributed by atoms with van der Waals surface area (Å²) < 4.78 is 16.3. The molecular formula is C21H27N3O6. The molecule has 3 aliphatic rings. The van der Waals surface area contributed by atoms with Crippen LogP contribution in [0.2, 0.25) is 0 Å². The summed E-state index contributed by atoms with van der Waals surface area (Å²) in [6, 6.07) is 3.22. The highest BCUT2D eigenvalue weighted by Crippen LogP contribution is 2.37. The van der Waals surface area contributed by atoms with Gasteiger partial charge in [0.15, 0.2) is 17.3 Å². The molecule has 0 aliphatic carbocycles. The van der Waals surface area contributed by atoms with E-state index in [0.29, 0.717) is 55.5 Å². The molecule has 0 spiro atoms. The number of carbonyl (C=O) groups excluding carboxylic acids is 3. The fraction of sp³-hybridized carbons (Fsp3) is 0.571. The van der Waals surface area contributed by atoms with Gasteiger partial charge in [-0.2, -0.15) is 0 Å². The van der Waals surface area contributed by atoms with Crippen molar-refractivity contribution in [3.05, 3.63) is 17.7 Å². The molecule has 3 aliphatic heterocycles. The molecule has 2 fully saturated rings. The summed E-state index contributed by atoms with van der Waals surface area (Å²) in [6.07, 6.45) is 2.51. The van der Waals surface area contributed by atoms with E-state index in [4.69, 9.17) is 14.2 Å². The van der Waals surface area contributed by atoms with Gasteiger partial charge < -0.3 is 24.4 Å². The summed E-state index contributed by atoms with van der Waals surface area (Å²) >= 11 is 0. The van der Waals surface area contributed by atoms with E-state index in [1.165, 1.54) is 6.92 Å². The Morgan fingerprint density at radius 2 is 1.80 bits per heavy atom. The summed E-state index contributed by atoms with van der Waals surface area (Å²) in [5, 5.41) is 2.82. The first-order chi connectivity index (χ1) is 14.5. The van der Waals surface area contributed by atoms with Crippen molar-refractivity contribution in [3.8, 4) is 11.5 Å². The summed E-state index contributed by atoms with van der Waals surface area (Å²) in [6.45, 7) is 4.77. The van der Waals surface area contributed by atoms with Crippen molar-refractivity contribution in [2.75, 3.05) is 51.4 Å². The summed E-state index contributed by atoms with van der Waals surface area (Å²) in [5.41, 5.74) is 0.801. The number of carbonyl (C=O) groups is 3. The van der Waals surface area contributed by atoms with Gasteiger partial charge in [-0.3, -0.25) is 19.3 Å². The first kappa shape index (κ1) is 20.6. The lowest BCUT2D eigenvalue weighted by Crippen LogP contribution is -2.53. The van der Waals surface area contributed by atoms with Crippen molar-refractivity contribution < 1.29 is 28.6 Å². The van der Waals surface area contributed by atoms with Gasteiger partial charge in [0, 0.05) is 44.4 Å². The van der Waals surface area contributed by atoms with Crippen LogP contribution in [0.15, 0.2) is 12.1 Å². The Labute approximate surface area is 175 Å². The minimum atomic E-state index is -0.315. The number of anilines is 1. The number of ketones is 1. The number of nitrogens with one attached hydrogen (secondary N) is 1. The van der Waals surface area contributed by atoms with Crippen LogP contribution in [0.3, 0.4) is 0 Å². The number of hydrogen-bond donors (Lipinski definition) is 1. The van der Waals surface area contributed by atoms with E-state index >= 15 is 0 Å².